The molecule has 130 valence electrons. The molecular formula is C19H18N6O. The molecule has 0 atom stereocenters. The van der Waals surface area contributed by atoms with Gasteiger partial charge in [0.25, 0.3) is 0 Å². The average molecular weight is 346 g/mol. The maximum atomic E-state index is 8.88. The molecule has 1 aliphatic heterocycles. The van der Waals surface area contributed by atoms with Crippen molar-refractivity contribution < 1.29 is 4.42 Å². The summed E-state index contributed by atoms with van der Waals surface area (Å²) in [6, 6.07) is 3.94. The number of allylic oxidation sites excluding steroid dienone is 3. The van der Waals surface area contributed by atoms with E-state index in [1.165, 1.54) is 6.26 Å². The summed E-state index contributed by atoms with van der Waals surface area (Å²) in [7, 11) is 0. The normalized spacial score (nSPS) is 14.0. The predicted molar refractivity (Wildman–Crippen MR) is 102 cm³/mol. The minimum Gasteiger partial charge on any atom is -0.443 e. The van der Waals surface area contributed by atoms with Crippen LogP contribution in [0.2, 0.25) is 0 Å². The van der Waals surface area contributed by atoms with Crippen molar-refractivity contribution >= 4 is 17.2 Å². The maximum Gasteiger partial charge on any atom is 0.245 e. The molecule has 0 saturated heterocycles. The molecule has 0 aromatic carbocycles. The van der Waals surface area contributed by atoms with Crippen molar-refractivity contribution in [1.82, 2.24) is 9.97 Å². The van der Waals surface area contributed by atoms with Crippen LogP contribution in [0.4, 0.5) is 17.2 Å². The number of anilines is 3. The number of nitrogen functional groups attached to an aromatic ring is 1. The van der Waals surface area contributed by atoms with Crippen molar-refractivity contribution in [2.75, 3.05) is 22.5 Å². The minimum absolute atomic E-state index is 0.337. The lowest BCUT2D eigenvalue weighted by Gasteiger charge is -2.20. The average Bonchev–Trinajstić information content (AvgIpc) is 3.27. The molecule has 0 unspecified atom stereocenters. The molecule has 2 aromatic heterocycles. The van der Waals surface area contributed by atoms with Crippen LogP contribution in [0, 0.1) is 11.3 Å². The third-order valence-corrected chi connectivity index (χ3v) is 3.89. The van der Waals surface area contributed by atoms with Gasteiger partial charge in [0.15, 0.2) is 0 Å². The van der Waals surface area contributed by atoms with Crippen molar-refractivity contribution in [2.24, 2.45) is 0 Å². The fourth-order valence-corrected chi connectivity index (χ4v) is 2.53. The molecular weight excluding hydrogens is 328 g/mol. The molecule has 0 aliphatic carbocycles. The number of rotatable bonds is 5. The number of pyridine rings is 1. The Morgan fingerprint density at radius 1 is 1.50 bits per heavy atom. The molecule has 0 radical (unpaired) electrons. The summed E-state index contributed by atoms with van der Waals surface area (Å²) in [5.74, 6) is 1.40. The zero-order valence-corrected chi connectivity index (χ0v) is 14.4. The van der Waals surface area contributed by atoms with E-state index < -0.39 is 0 Å². The monoisotopic (exact) mass is 346 g/mol. The van der Waals surface area contributed by atoms with Crippen LogP contribution >= 0.6 is 0 Å². The first-order valence-corrected chi connectivity index (χ1v) is 7.87. The molecule has 3 heterocycles. The fraction of sp³-hybridized carbons (Fsp3) is 0.105. The lowest BCUT2D eigenvalue weighted by molar-refractivity contribution is 0.572. The highest BCUT2D eigenvalue weighted by Crippen LogP contribution is 2.41. The Morgan fingerprint density at radius 2 is 2.31 bits per heavy atom. The van der Waals surface area contributed by atoms with Crippen LogP contribution in [0.3, 0.4) is 0 Å². The van der Waals surface area contributed by atoms with Gasteiger partial charge in [-0.3, -0.25) is 0 Å². The van der Waals surface area contributed by atoms with E-state index in [4.69, 9.17) is 15.4 Å². The Balaban J connectivity index is 1.98. The minimum atomic E-state index is 0.337. The van der Waals surface area contributed by atoms with Crippen LogP contribution < -0.4 is 16.0 Å². The standard InChI is InChI=1S/C19H18N6O/c1-4-14(6-5-12(2)10-20)11-25-13(3)23-17-16(25)9-15(24-18(17)21)19-22-7-8-26-19/h4-9,23H,1,3,11H2,2H3,(H2,21,24)/b12-5+,14-6+. The van der Waals surface area contributed by atoms with E-state index in [1.807, 2.05) is 17.0 Å². The fourth-order valence-electron chi connectivity index (χ4n) is 2.53. The van der Waals surface area contributed by atoms with E-state index in [0.717, 1.165) is 11.3 Å². The van der Waals surface area contributed by atoms with Crippen molar-refractivity contribution in [2.45, 2.75) is 6.92 Å². The van der Waals surface area contributed by atoms with Gasteiger partial charge in [-0.2, -0.15) is 5.26 Å². The molecule has 0 amide bonds. The zero-order valence-electron chi connectivity index (χ0n) is 14.4. The van der Waals surface area contributed by atoms with Gasteiger partial charge in [-0.15, -0.1) is 0 Å². The van der Waals surface area contributed by atoms with Crippen LogP contribution in [0.5, 0.6) is 0 Å². The highest BCUT2D eigenvalue weighted by Gasteiger charge is 2.27. The number of hydrogen-bond donors (Lipinski definition) is 2. The number of nitrogens with one attached hydrogen (secondary N) is 1. The van der Waals surface area contributed by atoms with Gasteiger partial charge in [0.1, 0.15) is 29.3 Å². The second-order valence-corrected chi connectivity index (χ2v) is 5.69. The SMILES string of the molecule is C=C/C(=C\C=C(/C)C#N)CN1C(=C)Nc2c1cc(-c1ncco1)nc2N. The van der Waals surface area contributed by atoms with Crippen molar-refractivity contribution in [1.29, 1.82) is 5.26 Å². The Morgan fingerprint density at radius 3 is 2.96 bits per heavy atom. The van der Waals surface area contributed by atoms with E-state index >= 15 is 0 Å². The van der Waals surface area contributed by atoms with Gasteiger partial charge >= 0.3 is 0 Å². The van der Waals surface area contributed by atoms with Crippen LogP contribution in [0.1, 0.15) is 6.92 Å². The van der Waals surface area contributed by atoms with Crippen molar-refractivity contribution in [3.8, 4) is 17.7 Å². The van der Waals surface area contributed by atoms with Gasteiger partial charge < -0.3 is 20.4 Å². The predicted octanol–water partition coefficient (Wildman–Crippen LogP) is 3.60. The van der Waals surface area contributed by atoms with Crippen LogP contribution in [0.15, 0.2) is 71.3 Å². The van der Waals surface area contributed by atoms with Crippen LogP contribution in [0.25, 0.3) is 11.6 Å². The van der Waals surface area contributed by atoms with E-state index in [-0.39, 0.29) is 0 Å². The molecule has 7 heteroatoms. The second-order valence-electron chi connectivity index (χ2n) is 5.69. The van der Waals surface area contributed by atoms with E-state index in [9.17, 15) is 0 Å². The number of oxazole rings is 1. The molecule has 0 fully saturated rings. The Hall–Kier alpha value is -3.79. The van der Waals surface area contributed by atoms with Crippen LogP contribution in [-0.4, -0.2) is 16.5 Å². The highest BCUT2D eigenvalue weighted by atomic mass is 16.3. The number of hydrogen-bond acceptors (Lipinski definition) is 7. The molecule has 3 N–H and O–H groups in total. The van der Waals surface area contributed by atoms with Gasteiger partial charge in [0.2, 0.25) is 5.89 Å². The molecule has 26 heavy (non-hydrogen) atoms. The zero-order chi connectivity index (χ0) is 18.7. The molecule has 0 saturated carbocycles. The summed E-state index contributed by atoms with van der Waals surface area (Å²) in [6.07, 6.45) is 8.39. The summed E-state index contributed by atoms with van der Waals surface area (Å²) in [5, 5.41) is 12.0. The third kappa shape index (κ3) is 3.21. The first-order chi connectivity index (χ1) is 12.5. The molecule has 7 nitrogen and oxygen atoms in total. The molecule has 0 bridgehead atoms. The maximum absolute atomic E-state index is 8.88. The largest absolute Gasteiger partial charge is 0.443 e. The summed E-state index contributed by atoms with van der Waals surface area (Å²) in [6.45, 7) is 10.1. The first kappa shape index (κ1) is 17.0. The highest BCUT2D eigenvalue weighted by molar-refractivity contribution is 5.90. The Bertz CT molecular complexity index is 963. The number of nitriles is 1. The molecule has 1 aliphatic rings. The van der Waals surface area contributed by atoms with Crippen LogP contribution in [-0.2, 0) is 0 Å². The lowest BCUT2D eigenvalue weighted by atomic mass is 10.2. The van der Waals surface area contributed by atoms with Gasteiger partial charge in [-0.25, -0.2) is 9.97 Å². The summed E-state index contributed by atoms with van der Waals surface area (Å²) >= 11 is 0. The molecule has 2 aromatic rings. The summed E-state index contributed by atoms with van der Waals surface area (Å²) in [5.41, 5.74) is 9.68. The Labute approximate surface area is 151 Å². The van der Waals surface area contributed by atoms with Gasteiger partial charge in [-0.05, 0) is 24.6 Å². The number of aromatic nitrogens is 2. The second kappa shape index (κ2) is 6.99. The molecule has 0 spiro atoms. The van der Waals surface area contributed by atoms with E-state index in [0.29, 0.717) is 41.0 Å². The number of fused-ring (bicyclic) bond motifs is 1. The van der Waals surface area contributed by atoms with Gasteiger partial charge in [0, 0.05) is 12.1 Å². The lowest BCUT2D eigenvalue weighted by Crippen LogP contribution is -2.22. The summed E-state index contributed by atoms with van der Waals surface area (Å²) < 4.78 is 5.32. The third-order valence-electron chi connectivity index (χ3n) is 3.89. The first-order valence-electron chi connectivity index (χ1n) is 7.87. The molecule has 3 rings (SSSR count). The van der Waals surface area contributed by atoms with Crippen molar-refractivity contribution in [3.63, 3.8) is 0 Å². The van der Waals surface area contributed by atoms with Gasteiger partial charge in [-0.1, -0.05) is 25.3 Å². The number of nitrogens with zero attached hydrogens (tertiary/aromatic N) is 4. The topological polar surface area (TPSA) is 104 Å². The Kier molecular flexibility index (Phi) is 4.58. The van der Waals surface area contributed by atoms with E-state index in [1.54, 1.807) is 25.3 Å². The van der Waals surface area contributed by atoms with E-state index in [2.05, 4.69) is 34.5 Å². The van der Waals surface area contributed by atoms with Crippen molar-refractivity contribution in [3.05, 3.63) is 66.9 Å². The quantitative estimate of drug-likeness (QED) is 0.629. The summed E-state index contributed by atoms with van der Waals surface area (Å²) in [4.78, 5) is 10.4. The smallest absolute Gasteiger partial charge is 0.245 e. The number of nitrogens with two attached hydrogens (primary N) is 1. The van der Waals surface area contributed by atoms with Gasteiger partial charge in [0.05, 0.1) is 18.0 Å².